The first-order valence-electron chi connectivity index (χ1n) is 5.71. The molecule has 0 radical (unpaired) electrons. The first-order valence-corrected chi connectivity index (χ1v) is 5.71. The lowest BCUT2D eigenvalue weighted by molar-refractivity contribution is -0.141. The number of nitrogens with one attached hydrogen (secondary N) is 1. The monoisotopic (exact) mass is 267 g/mol. The average molecular weight is 267 g/mol. The van der Waals surface area contributed by atoms with Crippen molar-refractivity contribution in [3.63, 3.8) is 0 Å². The predicted molar refractivity (Wildman–Crippen MR) is 68.5 cm³/mol. The van der Waals surface area contributed by atoms with Crippen LogP contribution in [0.25, 0.3) is 0 Å². The quantitative estimate of drug-likeness (QED) is 0.797. The smallest absolute Gasteiger partial charge is 0.325 e. The second kappa shape index (κ2) is 6.63. The third-order valence-corrected chi connectivity index (χ3v) is 2.62. The average Bonchev–Trinajstić information content (AvgIpc) is 2.38. The maximum absolute atomic E-state index is 11.8. The van der Waals surface area contributed by atoms with Gasteiger partial charge in [0, 0.05) is 5.56 Å². The fraction of sp³-hybridized carbons (Fsp3) is 0.385. The van der Waals surface area contributed by atoms with Gasteiger partial charge in [-0.05, 0) is 19.1 Å². The number of hydrogen-bond donors (Lipinski definition) is 2. The van der Waals surface area contributed by atoms with Crippen LogP contribution in [0.5, 0.6) is 11.5 Å². The van der Waals surface area contributed by atoms with Crippen LogP contribution in [0.3, 0.4) is 0 Å². The van der Waals surface area contributed by atoms with E-state index in [9.17, 15) is 9.59 Å². The summed E-state index contributed by atoms with van der Waals surface area (Å²) >= 11 is 0. The molecular weight excluding hydrogens is 250 g/mol. The molecule has 1 amide bonds. The highest BCUT2D eigenvalue weighted by Gasteiger charge is 2.18. The molecule has 1 rings (SSSR count). The molecule has 104 valence electrons. The van der Waals surface area contributed by atoms with E-state index >= 15 is 0 Å². The van der Waals surface area contributed by atoms with Gasteiger partial charge in [0.25, 0.3) is 0 Å². The SMILES string of the molecule is COc1cccc(OC)c1CC(=O)NC(C)C(=O)O. The molecule has 1 aromatic rings. The van der Waals surface area contributed by atoms with Gasteiger partial charge in [-0.1, -0.05) is 6.07 Å². The molecule has 0 heterocycles. The molecule has 0 aliphatic carbocycles. The molecule has 19 heavy (non-hydrogen) atoms. The van der Waals surface area contributed by atoms with Crippen LogP contribution in [0.4, 0.5) is 0 Å². The Kier molecular flexibility index (Phi) is 5.17. The minimum Gasteiger partial charge on any atom is -0.496 e. The first-order chi connectivity index (χ1) is 8.99. The summed E-state index contributed by atoms with van der Waals surface area (Å²) in [4.78, 5) is 22.4. The number of amides is 1. The molecule has 0 aliphatic heterocycles. The topological polar surface area (TPSA) is 84.9 Å². The van der Waals surface area contributed by atoms with Gasteiger partial charge in [0.05, 0.1) is 20.6 Å². The second-order valence-corrected chi connectivity index (χ2v) is 3.95. The van der Waals surface area contributed by atoms with Gasteiger partial charge in [-0.25, -0.2) is 0 Å². The molecule has 0 saturated carbocycles. The number of carbonyl (C=O) groups excluding carboxylic acids is 1. The normalized spacial score (nSPS) is 11.5. The summed E-state index contributed by atoms with van der Waals surface area (Å²) in [7, 11) is 2.99. The van der Waals surface area contributed by atoms with Crippen molar-refractivity contribution < 1.29 is 24.2 Å². The van der Waals surface area contributed by atoms with Crippen LogP contribution in [0.15, 0.2) is 18.2 Å². The molecule has 1 unspecified atom stereocenters. The van der Waals surface area contributed by atoms with Crippen LogP contribution < -0.4 is 14.8 Å². The molecule has 6 heteroatoms. The van der Waals surface area contributed by atoms with Gasteiger partial charge in [0.1, 0.15) is 17.5 Å². The summed E-state index contributed by atoms with van der Waals surface area (Å²) in [6.07, 6.45) is -0.00912. The van der Waals surface area contributed by atoms with Gasteiger partial charge in [-0.2, -0.15) is 0 Å². The maximum atomic E-state index is 11.8. The van der Waals surface area contributed by atoms with E-state index in [2.05, 4.69) is 5.32 Å². The van der Waals surface area contributed by atoms with Gasteiger partial charge in [0.15, 0.2) is 0 Å². The fourth-order valence-corrected chi connectivity index (χ4v) is 1.62. The van der Waals surface area contributed by atoms with Gasteiger partial charge < -0.3 is 19.9 Å². The molecular formula is C13H17NO5. The molecule has 0 saturated heterocycles. The highest BCUT2D eigenvalue weighted by molar-refractivity contribution is 5.85. The Balaban J connectivity index is 2.86. The van der Waals surface area contributed by atoms with Crippen molar-refractivity contribution in [2.75, 3.05) is 14.2 Å². The molecule has 1 atom stereocenters. The van der Waals surface area contributed by atoms with E-state index in [0.717, 1.165) is 0 Å². The number of carbonyl (C=O) groups is 2. The number of carboxylic acids is 1. The van der Waals surface area contributed by atoms with E-state index in [1.807, 2.05) is 0 Å². The summed E-state index contributed by atoms with van der Waals surface area (Å²) in [5.74, 6) is -0.437. The van der Waals surface area contributed by atoms with Crippen molar-refractivity contribution in [2.45, 2.75) is 19.4 Å². The highest BCUT2D eigenvalue weighted by atomic mass is 16.5. The van der Waals surface area contributed by atoms with Crippen molar-refractivity contribution in [2.24, 2.45) is 0 Å². The number of hydrogen-bond acceptors (Lipinski definition) is 4. The zero-order chi connectivity index (χ0) is 14.4. The molecule has 0 fully saturated rings. The molecule has 2 N–H and O–H groups in total. The summed E-state index contributed by atoms with van der Waals surface area (Å²) < 4.78 is 10.3. The highest BCUT2D eigenvalue weighted by Crippen LogP contribution is 2.28. The van der Waals surface area contributed by atoms with Crippen LogP contribution in [0.1, 0.15) is 12.5 Å². The molecule has 0 aliphatic rings. The number of carboxylic acid groups (broad SMARTS) is 1. The molecule has 6 nitrogen and oxygen atoms in total. The lowest BCUT2D eigenvalue weighted by atomic mass is 10.1. The van der Waals surface area contributed by atoms with E-state index in [0.29, 0.717) is 17.1 Å². The van der Waals surface area contributed by atoms with Crippen LogP contribution in [0.2, 0.25) is 0 Å². The molecule has 0 aromatic heterocycles. The summed E-state index contributed by atoms with van der Waals surface area (Å²) in [6, 6.07) is 4.24. The van der Waals surface area contributed by atoms with Gasteiger partial charge in [-0.3, -0.25) is 9.59 Å². The minimum atomic E-state index is -1.08. The number of ether oxygens (including phenoxy) is 2. The van der Waals surface area contributed by atoms with Crippen molar-refractivity contribution in [1.82, 2.24) is 5.32 Å². The summed E-state index contributed by atoms with van der Waals surface area (Å²) in [6.45, 7) is 1.40. The Morgan fingerprint density at radius 3 is 2.21 bits per heavy atom. The number of aliphatic carboxylic acids is 1. The second-order valence-electron chi connectivity index (χ2n) is 3.95. The number of rotatable bonds is 6. The van der Waals surface area contributed by atoms with Gasteiger partial charge >= 0.3 is 5.97 Å². The summed E-state index contributed by atoms with van der Waals surface area (Å²) in [5.41, 5.74) is 0.586. The van der Waals surface area contributed by atoms with Gasteiger partial charge in [-0.15, -0.1) is 0 Å². The van der Waals surface area contributed by atoms with Crippen molar-refractivity contribution in [1.29, 1.82) is 0 Å². The first kappa shape index (κ1) is 14.8. The maximum Gasteiger partial charge on any atom is 0.325 e. The molecule has 1 aromatic carbocycles. The van der Waals surface area contributed by atoms with Crippen molar-refractivity contribution in [3.8, 4) is 11.5 Å². The van der Waals surface area contributed by atoms with Crippen LogP contribution in [-0.2, 0) is 16.0 Å². The van der Waals surface area contributed by atoms with E-state index in [-0.39, 0.29) is 6.42 Å². The van der Waals surface area contributed by atoms with Crippen LogP contribution >= 0.6 is 0 Å². The Bertz CT molecular complexity index is 450. The van der Waals surface area contributed by atoms with Crippen LogP contribution in [-0.4, -0.2) is 37.2 Å². The van der Waals surface area contributed by atoms with E-state index in [1.54, 1.807) is 18.2 Å². The van der Waals surface area contributed by atoms with E-state index in [1.165, 1.54) is 21.1 Å². The molecule has 0 bridgehead atoms. The largest absolute Gasteiger partial charge is 0.496 e. The van der Waals surface area contributed by atoms with Gasteiger partial charge in [0.2, 0.25) is 5.91 Å². The Labute approximate surface area is 111 Å². The lowest BCUT2D eigenvalue weighted by Gasteiger charge is -2.14. The Morgan fingerprint density at radius 2 is 1.79 bits per heavy atom. The number of methoxy groups -OCH3 is 2. The van der Waals surface area contributed by atoms with Crippen molar-refractivity contribution >= 4 is 11.9 Å². The lowest BCUT2D eigenvalue weighted by Crippen LogP contribution is -2.39. The summed E-state index contributed by atoms with van der Waals surface area (Å²) in [5, 5.41) is 11.1. The minimum absolute atomic E-state index is 0.00912. The Hall–Kier alpha value is -2.24. The predicted octanol–water partition coefficient (Wildman–Crippen LogP) is 0.836. The standard InChI is InChI=1S/C13H17NO5/c1-8(13(16)17)14-12(15)7-9-10(18-2)5-4-6-11(9)19-3/h4-6,8H,7H2,1-3H3,(H,14,15)(H,16,17). The Morgan fingerprint density at radius 1 is 1.26 bits per heavy atom. The van der Waals surface area contributed by atoms with E-state index in [4.69, 9.17) is 14.6 Å². The molecule has 0 spiro atoms. The third-order valence-electron chi connectivity index (χ3n) is 2.62. The fourth-order valence-electron chi connectivity index (χ4n) is 1.62. The van der Waals surface area contributed by atoms with Crippen molar-refractivity contribution in [3.05, 3.63) is 23.8 Å². The zero-order valence-corrected chi connectivity index (χ0v) is 11.1. The zero-order valence-electron chi connectivity index (χ0n) is 11.1. The van der Waals surface area contributed by atoms with Crippen LogP contribution in [0, 0.1) is 0 Å². The third kappa shape index (κ3) is 3.87. The van der Waals surface area contributed by atoms with E-state index < -0.39 is 17.9 Å². The number of benzene rings is 1.